The minimum Gasteiger partial charge on any atom is -0.468 e. The second kappa shape index (κ2) is 10.00. The fourth-order valence-electron chi connectivity index (χ4n) is 4.35. The molecule has 0 radical (unpaired) electrons. The van der Waals surface area contributed by atoms with Crippen LogP contribution in [0.5, 0.6) is 0 Å². The molecule has 0 saturated carbocycles. The Morgan fingerprint density at radius 2 is 1.77 bits per heavy atom. The number of hydrogen-bond donors (Lipinski definition) is 0. The number of carbonyl (C=O) groups excluding carboxylic acids is 2. The van der Waals surface area contributed by atoms with Crippen molar-refractivity contribution in [1.29, 1.82) is 0 Å². The van der Waals surface area contributed by atoms with Gasteiger partial charge in [-0.15, -0.1) is 0 Å². The van der Waals surface area contributed by atoms with Gasteiger partial charge < -0.3 is 9.30 Å². The van der Waals surface area contributed by atoms with Crippen LogP contribution in [0.4, 0.5) is 4.39 Å². The number of aromatic nitrogens is 1. The number of hydrogen-bond acceptors (Lipinski definition) is 6. The SMILES string of the molecule is COC(=O)Cn1c(=NC(=O)c2ccc(S(=O)(=O)N3C[C@@H](C)C[C@H](C)C3)cc2)sc2cc(F)ccc21. The Bertz CT molecular complexity index is 1430. The zero-order valence-corrected chi connectivity index (χ0v) is 21.2. The van der Waals surface area contributed by atoms with Crippen molar-refractivity contribution in [3.05, 3.63) is 58.6 Å². The summed E-state index contributed by atoms with van der Waals surface area (Å²) in [6.07, 6.45) is 0.987. The van der Waals surface area contributed by atoms with Crippen molar-refractivity contribution in [2.45, 2.75) is 31.7 Å². The molecule has 186 valence electrons. The summed E-state index contributed by atoms with van der Waals surface area (Å²) in [5.41, 5.74) is 0.734. The van der Waals surface area contributed by atoms with Crippen LogP contribution in [-0.4, -0.2) is 49.4 Å². The Kier molecular flexibility index (Phi) is 7.20. The first kappa shape index (κ1) is 25.2. The molecular weight excluding hydrogens is 493 g/mol. The van der Waals surface area contributed by atoms with Gasteiger partial charge >= 0.3 is 5.97 Å². The molecule has 1 amide bonds. The molecule has 0 aliphatic carbocycles. The smallest absolute Gasteiger partial charge is 0.325 e. The van der Waals surface area contributed by atoms with E-state index in [1.165, 1.54) is 58.4 Å². The van der Waals surface area contributed by atoms with Crippen LogP contribution in [0.25, 0.3) is 10.2 Å². The molecule has 11 heteroatoms. The van der Waals surface area contributed by atoms with E-state index in [0.29, 0.717) is 23.3 Å². The van der Waals surface area contributed by atoms with E-state index in [9.17, 15) is 22.4 Å². The number of piperidine rings is 1. The third-order valence-electron chi connectivity index (χ3n) is 5.93. The van der Waals surface area contributed by atoms with Crippen LogP contribution in [0.1, 0.15) is 30.6 Å². The summed E-state index contributed by atoms with van der Waals surface area (Å²) in [6, 6.07) is 9.74. The van der Waals surface area contributed by atoms with E-state index in [1.807, 2.05) is 13.8 Å². The summed E-state index contributed by atoms with van der Waals surface area (Å²) in [6.45, 7) is 4.82. The molecule has 0 spiro atoms. The average molecular weight is 520 g/mol. The fourth-order valence-corrected chi connectivity index (χ4v) is 7.08. The number of carbonyl (C=O) groups is 2. The number of ether oxygens (including phenoxy) is 1. The Hall–Kier alpha value is -2.89. The van der Waals surface area contributed by atoms with Gasteiger partial charge in [0.25, 0.3) is 5.91 Å². The van der Waals surface area contributed by atoms with E-state index in [2.05, 4.69) is 4.99 Å². The minimum absolute atomic E-state index is 0.119. The van der Waals surface area contributed by atoms with Gasteiger partial charge in [0, 0.05) is 18.7 Å². The van der Waals surface area contributed by atoms with E-state index >= 15 is 0 Å². The second-order valence-corrected chi connectivity index (χ2v) is 11.8. The lowest BCUT2D eigenvalue weighted by atomic mass is 9.94. The van der Waals surface area contributed by atoms with Gasteiger partial charge in [0.2, 0.25) is 10.0 Å². The maximum absolute atomic E-state index is 13.7. The fraction of sp³-hybridized carbons (Fsp3) is 0.375. The van der Waals surface area contributed by atoms with Crippen molar-refractivity contribution in [3.63, 3.8) is 0 Å². The third-order valence-corrected chi connectivity index (χ3v) is 8.82. The lowest BCUT2D eigenvalue weighted by Gasteiger charge is -2.34. The number of thiazole rings is 1. The predicted molar refractivity (Wildman–Crippen MR) is 130 cm³/mol. The number of benzene rings is 2. The van der Waals surface area contributed by atoms with Crippen LogP contribution in [0.2, 0.25) is 0 Å². The van der Waals surface area contributed by atoms with Crippen LogP contribution in [0, 0.1) is 17.7 Å². The monoisotopic (exact) mass is 519 g/mol. The van der Waals surface area contributed by atoms with E-state index in [-0.39, 0.29) is 33.6 Å². The first-order valence-corrected chi connectivity index (χ1v) is 13.4. The highest BCUT2D eigenvalue weighted by atomic mass is 32.2. The van der Waals surface area contributed by atoms with E-state index in [1.54, 1.807) is 0 Å². The lowest BCUT2D eigenvalue weighted by Crippen LogP contribution is -2.42. The van der Waals surface area contributed by atoms with E-state index in [0.717, 1.165) is 17.8 Å². The molecule has 1 fully saturated rings. The number of halogens is 1. The quantitative estimate of drug-likeness (QED) is 0.481. The van der Waals surface area contributed by atoms with Crippen molar-refractivity contribution in [2.75, 3.05) is 20.2 Å². The maximum atomic E-state index is 13.7. The van der Waals surface area contributed by atoms with Crippen molar-refractivity contribution in [2.24, 2.45) is 16.8 Å². The molecule has 1 aromatic heterocycles. The van der Waals surface area contributed by atoms with Gasteiger partial charge in [-0.1, -0.05) is 25.2 Å². The molecule has 2 aromatic carbocycles. The molecule has 1 saturated heterocycles. The normalized spacial score (nSPS) is 19.7. The summed E-state index contributed by atoms with van der Waals surface area (Å²) in [5.74, 6) is -1.05. The van der Waals surface area contributed by atoms with Crippen molar-refractivity contribution < 1.29 is 27.1 Å². The summed E-state index contributed by atoms with van der Waals surface area (Å²) < 4.78 is 48.1. The van der Waals surface area contributed by atoms with Gasteiger partial charge in [0.05, 0.1) is 22.2 Å². The Morgan fingerprint density at radius 3 is 2.40 bits per heavy atom. The first-order valence-electron chi connectivity index (χ1n) is 11.1. The van der Waals surface area contributed by atoms with Crippen LogP contribution in [0.3, 0.4) is 0 Å². The molecule has 3 aromatic rings. The van der Waals surface area contributed by atoms with Gasteiger partial charge in [-0.05, 0) is 60.7 Å². The third kappa shape index (κ3) is 5.36. The highest BCUT2D eigenvalue weighted by molar-refractivity contribution is 7.89. The standard InChI is InChI=1S/C24H26FN3O5S2/c1-15-10-16(2)13-27(12-15)35(31,32)19-7-4-17(5-8-19)23(30)26-24-28(14-22(29)33-3)20-9-6-18(25)11-21(20)34-24/h4-9,11,15-16H,10,12-14H2,1-3H3/t15-,16-/m0/s1. The topological polar surface area (TPSA) is 98.0 Å². The Balaban J connectivity index is 1.65. The second-order valence-electron chi connectivity index (χ2n) is 8.87. The molecule has 1 aliphatic heterocycles. The molecule has 35 heavy (non-hydrogen) atoms. The largest absolute Gasteiger partial charge is 0.468 e. The number of esters is 1. The van der Waals surface area contributed by atoms with Crippen molar-refractivity contribution in [3.8, 4) is 0 Å². The van der Waals surface area contributed by atoms with Crippen LogP contribution in [-0.2, 0) is 26.1 Å². The van der Waals surface area contributed by atoms with Crippen LogP contribution < -0.4 is 4.80 Å². The zero-order chi connectivity index (χ0) is 25.3. The molecule has 2 atom stereocenters. The number of sulfonamides is 1. The molecule has 2 heterocycles. The van der Waals surface area contributed by atoms with Crippen molar-refractivity contribution >= 4 is 43.5 Å². The average Bonchev–Trinajstić information content (AvgIpc) is 3.13. The molecule has 0 N–H and O–H groups in total. The molecular formula is C24H26FN3O5S2. The van der Waals surface area contributed by atoms with Gasteiger partial charge in [-0.2, -0.15) is 9.30 Å². The molecule has 0 unspecified atom stereocenters. The van der Waals surface area contributed by atoms with Crippen LogP contribution in [0.15, 0.2) is 52.4 Å². The highest BCUT2D eigenvalue weighted by Crippen LogP contribution is 2.27. The predicted octanol–water partition coefficient (Wildman–Crippen LogP) is 3.42. The molecule has 4 rings (SSSR count). The number of methoxy groups -OCH3 is 1. The Morgan fingerprint density at radius 1 is 1.11 bits per heavy atom. The number of rotatable bonds is 5. The molecule has 1 aliphatic rings. The highest BCUT2D eigenvalue weighted by Gasteiger charge is 2.31. The lowest BCUT2D eigenvalue weighted by molar-refractivity contribution is -0.141. The first-order chi connectivity index (χ1) is 16.6. The van der Waals surface area contributed by atoms with Gasteiger partial charge in [0.15, 0.2) is 4.80 Å². The van der Waals surface area contributed by atoms with E-state index in [4.69, 9.17) is 4.74 Å². The summed E-state index contributed by atoms with van der Waals surface area (Å²) in [4.78, 5) is 29.3. The summed E-state index contributed by atoms with van der Waals surface area (Å²) in [5, 5.41) is 0. The van der Waals surface area contributed by atoms with Gasteiger partial charge in [0.1, 0.15) is 12.4 Å². The summed E-state index contributed by atoms with van der Waals surface area (Å²) in [7, 11) is -2.42. The van der Waals surface area contributed by atoms with Crippen LogP contribution >= 0.6 is 11.3 Å². The summed E-state index contributed by atoms with van der Waals surface area (Å²) >= 11 is 1.07. The van der Waals surface area contributed by atoms with Gasteiger partial charge in [-0.25, -0.2) is 12.8 Å². The maximum Gasteiger partial charge on any atom is 0.325 e. The zero-order valence-electron chi connectivity index (χ0n) is 19.6. The van der Waals surface area contributed by atoms with E-state index < -0.39 is 27.7 Å². The number of fused-ring (bicyclic) bond motifs is 1. The van der Waals surface area contributed by atoms with Crippen molar-refractivity contribution in [1.82, 2.24) is 8.87 Å². The molecule has 0 bridgehead atoms. The minimum atomic E-state index is -3.67. The molecule has 8 nitrogen and oxygen atoms in total. The number of nitrogens with zero attached hydrogens (tertiary/aromatic N) is 3. The number of amides is 1. The Labute approximate surface area is 206 Å². The van der Waals surface area contributed by atoms with Gasteiger partial charge in [-0.3, -0.25) is 9.59 Å².